The highest BCUT2D eigenvalue weighted by Crippen LogP contribution is 2.29. The molecular formula is C29H32N2OS. The van der Waals surface area contributed by atoms with E-state index in [2.05, 4.69) is 100 Å². The number of thiophene rings is 1. The van der Waals surface area contributed by atoms with E-state index in [9.17, 15) is 0 Å². The number of benzene rings is 3. The van der Waals surface area contributed by atoms with Gasteiger partial charge in [0.2, 0.25) is 0 Å². The first-order chi connectivity index (χ1) is 16.4. The Labute approximate surface area is 201 Å². The SMILES string of the molecule is c1ccc(C(c2ccccc2)N2CCN(CCOCCc3ccc4sccc4c3)CC2)cc1. The molecule has 0 N–H and O–H groups in total. The van der Waals surface area contributed by atoms with Gasteiger partial charge in [0.1, 0.15) is 0 Å². The molecule has 5 rings (SSSR count). The van der Waals surface area contributed by atoms with E-state index in [0.29, 0.717) is 6.04 Å². The lowest BCUT2D eigenvalue weighted by molar-refractivity contribution is 0.0677. The van der Waals surface area contributed by atoms with Gasteiger partial charge in [-0.2, -0.15) is 0 Å². The van der Waals surface area contributed by atoms with Crippen molar-refractivity contribution in [2.75, 3.05) is 45.9 Å². The monoisotopic (exact) mass is 456 g/mol. The summed E-state index contributed by atoms with van der Waals surface area (Å²) in [5, 5.41) is 3.51. The summed E-state index contributed by atoms with van der Waals surface area (Å²) in [4.78, 5) is 5.17. The van der Waals surface area contributed by atoms with Gasteiger partial charge in [-0.05, 0) is 46.0 Å². The molecule has 0 aliphatic carbocycles. The Bertz CT molecular complexity index is 1080. The summed E-state index contributed by atoms with van der Waals surface area (Å²) >= 11 is 1.80. The second-order valence-electron chi connectivity index (χ2n) is 8.76. The largest absolute Gasteiger partial charge is 0.380 e. The maximum absolute atomic E-state index is 5.99. The number of hydrogen-bond acceptors (Lipinski definition) is 4. The molecule has 4 heteroatoms. The molecule has 3 aromatic carbocycles. The van der Waals surface area contributed by atoms with Gasteiger partial charge in [-0.3, -0.25) is 9.80 Å². The fourth-order valence-corrected chi connectivity index (χ4v) is 5.56. The number of nitrogens with zero attached hydrogens (tertiary/aromatic N) is 2. The van der Waals surface area contributed by atoms with Gasteiger partial charge >= 0.3 is 0 Å². The lowest BCUT2D eigenvalue weighted by atomic mass is 9.96. The predicted molar refractivity (Wildman–Crippen MR) is 139 cm³/mol. The van der Waals surface area contributed by atoms with Gasteiger partial charge in [-0.25, -0.2) is 0 Å². The first kappa shape index (κ1) is 22.3. The van der Waals surface area contributed by atoms with Crippen molar-refractivity contribution in [2.45, 2.75) is 12.5 Å². The molecule has 1 aliphatic heterocycles. The van der Waals surface area contributed by atoms with Crippen LogP contribution < -0.4 is 0 Å². The third-order valence-electron chi connectivity index (χ3n) is 6.61. The molecular weight excluding hydrogens is 424 g/mol. The smallest absolute Gasteiger partial charge is 0.0602 e. The van der Waals surface area contributed by atoms with Crippen LogP contribution in [0.3, 0.4) is 0 Å². The summed E-state index contributed by atoms with van der Waals surface area (Å²) in [6.45, 7) is 6.95. The van der Waals surface area contributed by atoms with Crippen molar-refractivity contribution in [1.29, 1.82) is 0 Å². The second-order valence-corrected chi connectivity index (χ2v) is 9.70. The van der Waals surface area contributed by atoms with Crippen LogP contribution in [-0.4, -0.2) is 55.7 Å². The zero-order chi connectivity index (χ0) is 22.3. The lowest BCUT2D eigenvalue weighted by Crippen LogP contribution is -2.48. The van der Waals surface area contributed by atoms with E-state index >= 15 is 0 Å². The number of fused-ring (bicyclic) bond motifs is 1. The summed E-state index contributed by atoms with van der Waals surface area (Å²) in [6.07, 6.45) is 0.982. The van der Waals surface area contributed by atoms with Gasteiger partial charge in [0, 0.05) is 37.4 Å². The molecule has 0 atom stereocenters. The molecule has 0 bridgehead atoms. The topological polar surface area (TPSA) is 15.7 Å². The summed E-state index contributed by atoms with van der Waals surface area (Å²) in [7, 11) is 0. The van der Waals surface area contributed by atoms with Crippen LogP contribution in [0, 0.1) is 0 Å². The highest BCUT2D eigenvalue weighted by atomic mass is 32.1. The van der Waals surface area contributed by atoms with Crippen molar-refractivity contribution < 1.29 is 4.74 Å². The highest BCUT2D eigenvalue weighted by molar-refractivity contribution is 7.17. The molecule has 1 saturated heterocycles. The van der Waals surface area contributed by atoms with Crippen molar-refractivity contribution in [3.05, 3.63) is 107 Å². The Hall–Kier alpha value is -2.50. The molecule has 0 saturated carbocycles. The second kappa shape index (κ2) is 11.1. The van der Waals surface area contributed by atoms with Crippen molar-refractivity contribution in [3.63, 3.8) is 0 Å². The van der Waals surface area contributed by atoms with Crippen LogP contribution in [0.5, 0.6) is 0 Å². The van der Waals surface area contributed by atoms with Crippen molar-refractivity contribution in [2.24, 2.45) is 0 Å². The molecule has 1 aromatic heterocycles. The van der Waals surface area contributed by atoms with E-state index in [1.165, 1.54) is 26.8 Å². The van der Waals surface area contributed by atoms with E-state index in [-0.39, 0.29) is 0 Å². The van der Waals surface area contributed by atoms with Crippen LogP contribution in [0.15, 0.2) is 90.3 Å². The third kappa shape index (κ3) is 5.71. The summed E-state index contributed by atoms with van der Waals surface area (Å²) in [5.74, 6) is 0. The van der Waals surface area contributed by atoms with Crippen molar-refractivity contribution in [1.82, 2.24) is 9.80 Å². The Kier molecular flexibility index (Phi) is 7.49. The zero-order valence-electron chi connectivity index (χ0n) is 19.1. The molecule has 2 heterocycles. The standard InChI is InChI=1S/C29H32N2OS/c1-3-7-25(8-4-1)29(26-9-5-2-6-10-26)31-17-15-30(16-18-31)19-21-32-20-13-24-11-12-28-27(23-24)14-22-33-28/h1-12,14,22-23,29H,13,15-21H2. The number of ether oxygens (including phenoxy) is 1. The molecule has 0 unspecified atom stereocenters. The van der Waals surface area contributed by atoms with Crippen LogP contribution in [0.25, 0.3) is 10.1 Å². The minimum Gasteiger partial charge on any atom is -0.380 e. The lowest BCUT2D eigenvalue weighted by Gasteiger charge is -2.39. The first-order valence-corrected chi connectivity index (χ1v) is 12.8. The molecule has 0 spiro atoms. The summed E-state index contributed by atoms with van der Waals surface area (Å²) in [5.41, 5.74) is 4.12. The van der Waals surface area contributed by atoms with Gasteiger partial charge in [-0.1, -0.05) is 72.8 Å². The fraction of sp³-hybridized carbons (Fsp3) is 0.310. The number of piperazine rings is 1. The minimum atomic E-state index is 0.325. The van der Waals surface area contributed by atoms with E-state index < -0.39 is 0 Å². The van der Waals surface area contributed by atoms with Crippen LogP contribution in [0.1, 0.15) is 22.7 Å². The Morgan fingerprint density at radius 1 is 0.758 bits per heavy atom. The maximum Gasteiger partial charge on any atom is 0.0602 e. The number of rotatable bonds is 9. The normalized spacial score (nSPS) is 15.4. The Morgan fingerprint density at radius 2 is 1.45 bits per heavy atom. The fourth-order valence-electron chi connectivity index (χ4n) is 4.79. The maximum atomic E-state index is 5.99. The van der Waals surface area contributed by atoms with E-state index in [1.54, 1.807) is 11.3 Å². The Morgan fingerprint density at radius 3 is 2.15 bits per heavy atom. The summed E-state index contributed by atoms with van der Waals surface area (Å²) < 4.78 is 7.36. The molecule has 4 aromatic rings. The third-order valence-corrected chi connectivity index (χ3v) is 7.50. The van der Waals surface area contributed by atoms with E-state index in [4.69, 9.17) is 4.74 Å². The molecule has 3 nitrogen and oxygen atoms in total. The van der Waals surface area contributed by atoms with E-state index in [1.807, 2.05) is 0 Å². The summed E-state index contributed by atoms with van der Waals surface area (Å²) in [6, 6.07) is 31.1. The average Bonchev–Trinajstić information content (AvgIpc) is 3.34. The van der Waals surface area contributed by atoms with E-state index in [0.717, 1.165) is 52.4 Å². The number of hydrogen-bond donors (Lipinski definition) is 0. The molecule has 0 amide bonds. The van der Waals surface area contributed by atoms with Gasteiger partial charge in [-0.15, -0.1) is 11.3 Å². The van der Waals surface area contributed by atoms with Gasteiger partial charge in [0.05, 0.1) is 19.3 Å². The van der Waals surface area contributed by atoms with Crippen molar-refractivity contribution in [3.8, 4) is 0 Å². The molecule has 1 fully saturated rings. The van der Waals surface area contributed by atoms with Gasteiger partial charge < -0.3 is 4.74 Å². The minimum absolute atomic E-state index is 0.325. The molecule has 0 radical (unpaired) electrons. The molecule has 33 heavy (non-hydrogen) atoms. The Balaban J connectivity index is 1.08. The molecule has 1 aliphatic rings. The van der Waals surface area contributed by atoms with Crippen LogP contribution in [0.4, 0.5) is 0 Å². The molecule has 170 valence electrons. The van der Waals surface area contributed by atoms with Gasteiger partial charge in [0.15, 0.2) is 0 Å². The highest BCUT2D eigenvalue weighted by Gasteiger charge is 2.26. The predicted octanol–water partition coefficient (Wildman–Crippen LogP) is 5.87. The van der Waals surface area contributed by atoms with Crippen LogP contribution >= 0.6 is 11.3 Å². The van der Waals surface area contributed by atoms with Crippen LogP contribution in [-0.2, 0) is 11.2 Å². The quantitative estimate of drug-likeness (QED) is 0.293. The average molecular weight is 457 g/mol. The van der Waals surface area contributed by atoms with Crippen molar-refractivity contribution >= 4 is 21.4 Å². The zero-order valence-corrected chi connectivity index (χ0v) is 19.9. The first-order valence-electron chi connectivity index (χ1n) is 12.0. The van der Waals surface area contributed by atoms with Crippen LogP contribution in [0.2, 0.25) is 0 Å². The van der Waals surface area contributed by atoms with Gasteiger partial charge in [0.25, 0.3) is 0 Å².